The van der Waals surface area contributed by atoms with Crippen LogP contribution in [0.1, 0.15) is 5.56 Å². The number of nitrogens with zero attached hydrogens (tertiary/aromatic N) is 1. The zero-order chi connectivity index (χ0) is 17.7. The second-order valence-electron chi connectivity index (χ2n) is 4.63. The minimum atomic E-state index is -4.74. The van der Waals surface area contributed by atoms with Crippen LogP contribution < -0.4 is 15.8 Å². The molecule has 0 aliphatic heterocycles. The number of rotatable bonds is 4. The lowest BCUT2D eigenvalue weighted by atomic mass is 10.2. The fraction of sp³-hybridized carbons (Fsp3) is 0.133. The lowest BCUT2D eigenvalue weighted by Gasteiger charge is -2.10. The van der Waals surface area contributed by atoms with Crippen LogP contribution in [0.15, 0.2) is 51.9 Å². The number of alkyl halides is 3. The molecule has 0 aromatic heterocycles. The van der Waals surface area contributed by atoms with Gasteiger partial charge in [0.25, 0.3) is 0 Å². The Morgan fingerprint density at radius 3 is 2.40 bits per heavy atom. The zero-order valence-electron chi connectivity index (χ0n) is 12.5. The van der Waals surface area contributed by atoms with Gasteiger partial charge in [0, 0.05) is 10.2 Å². The third kappa shape index (κ3) is 7.46. The summed E-state index contributed by atoms with van der Waals surface area (Å²) >= 11 is 3.28. The molecule has 3 N–H and O–H groups in total. The van der Waals surface area contributed by atoms with Crippen LogP contribution in [0.3, 0.4) is 0 Å². The quantitative estimate of drug-likeness (QED) is 0.251. The summed E-state index contributed by atoms with van der Waals surface area (Å²) in [5, 5.41) is 2.72. The van der Waals surface area contributed by atoms with Crippen LogP contribution in [-0.2, 0) is 6.54 Å². The van der Waals surface area contributed by atoms with E-state index in [1.54, 1.807) is 6.07 Å². The van der Waals surface area contributed by atoms with E-state index in [9.17, 15) is 17.6 Å². The van der Waals surface area contributed by atoms with Gasteiger partial charge in [0.05, 0.1) is 6.54 Å². The molecular weight excluding hydrogens is 521 g/mol. The zero-order valence-corrected chi connectivity index (χ0v) is 16.4. The van der Waals surface area contributed by atoms with Gasteiger partial charge in [-0.05, 0) is 48.0 Å². The summed E-state index contributed by atoms with van der Waals surface area (Å²) in [4.78, 5) is 4.05. The molecule has 0 spiro atoms. The highest BCUT2D eigenvalue weighted by molar-refractivity contribution is 14.0. The summed E-state index contributed by atoms with van der Waals surface area (Å²) in [5.41, 5.74) is 6.74. The molecule has 2 rings (SSSR count). The molecular formula is C15H13BrF4IN3O. The molecule has 0 aliphatic carbocycles. The molecule has 0 atom stereocenters. The van der Waals surface area contributed by atoms with E-state index in [0.29, 0.717) is 15.7 Å². The van der Waals surface area contributed by atoms with E-state index in [2.05, 4.69) is 31.0 Å². The standard InChI is InChI=1S/C15H12BrF4N3O.HI/c16-13-6-1-10(17)7-9(13)8-22-14(21)23-11-2-4-12(5-3-11)24-15(18,19)20;/h1-7H,8H2,(H3,21,22,23);1H. The number of hydrogen-bond acceptors (Lipinski definition) is 2. The molecule has 2 aromatic rings. The largest absolute Gasteiger partial charge is 0.573 e. The summed E-state index contributed by atoms with van der Waals surface area (Å²) in [6, 6.07) is 9.21. The lowest BCUT2D eigenvalue weighted by molar-refractivity contribution is -0.274. The Morgan fingerprint density at radius 2 is 1.80 bits per heavy atom. The smallest absolute Gasteiger partial charge is 0.406 e. The predicted molar refractivity (Wildman–Crippen MR) is 102 cm³/mol. The van der Waals surface area contributed by atoms with Gasteiger partial charge in [0.15, 0.2) is 5.96 Å². The molecule has 0 amide bonds. The highest BCUT2D eigenvalue weighted by atomic mass is 127. The number of nitrogens with one attached hydrogen (secondary N) is 1. The Balaban J connectivity index is 0.00000312. The van der Waals surface area contributed by atoms with E-state index in [0.717, 1.165) is 12.1 Å². The van der Waals surface area contributed by atoms with E-state index < -0.39 is 12.2 Å². The first-order valence-corrected chi connectivity index (χ1v) is 7.39. The van der Waals surface area contributed by atoms with Crippen molar-refractivity contribution in [1.29, 1.82) is 0 Å². The fourth-order valence-corrected chi connectivity index (χ4v) is 2.13. The van der Waals surface area contributed by atoms with Crippen molar-refractivity contribution in [3.8, 4) is 5.75 Å². The van der Waals surface area contributed by atoms with Gasteiger partial charge in [-0.15, -0.1) is 37.1 Å². The molecule has 0 saturated carbocycles. The molecule has 4 nitrogen and oxygen atoms in total. The van der Waals surface area contributed by atoms with Crippen molar-refractivity contribution in [2.75, 3.05) is 5.32 Å². The van der Waals surface area contributed by atoms with Crippen LogP contribution in [0.25, 0.3) is 0 Å². The predicted octanol–water partition coefficient (Wildman–Crippen LogP) is 5.03. The van der Waals surface area contributed by atoms with Gasteiger partial charge in [-0.3, -0.25) is 0 Å². The normalized spacial score (nSPS) is 11.6. The molecule has 0 saturated heterocycles. The molecule has 25 heavy (non-hydrogen) atoms. The topological polar surface area (TPSA) is 59.6 Å². The number of nitrogens with two attached hydrogens (primary N) is 1. The van der Waals surface area contributed by atoms with Crippen LogP contribution in [0, 0.1) is 5.82 Å². The highest BCUT2D eigenvalue weighted by Gasteiger charge is 2.30. The summed E-state index contributed by atoms with van der Waals surface area (Å²) in [6.45, 7) is 0.131. The number of aliphatic imine (C=N–C) groups is 1. The monoisotopic (exact) mass is 533 g/mol. The minimum absolute atomic E-state index is 0. The minimum Gasteiger partial charge on any atom is -0.406 e. The number of guanidine groups is 1. The average molecular weight is 534 g/mol. The van der Waals surface area contributed by atoms with Gasteiger partial charge >= 0.3 is 6.36 Å². The van der Waals surface area contributed by atoms with E-state index >= 15 is 0 Å². The highest BCUT2D eigenvalue weighted by Crippen LogP contribution is 2.24. The summed E-state index contributed by atoms with van der Waals surface area (Å²) in [5.74, 6) is -0.696. The molecule has 2 aromatic carbocycles. The summed E-state index contributed by atoms with van der Waals surface area (Å²) < 4.78 is 53.8. The molecule has 0 heterocycles. The molecule has 0 unspecified atom stereocenters. The molecule has 0 aliphatic rings. The molecule has 10 heteroatoms. The van der Waals surface area contributed by atoms with Gasteiger partial charge in [-0.2, -0.15) is 0 Å². The summed E-state index contributed by atoms with van der Waals surface area (Å²) in [7, 11) is 0. The van der Waals surface area contributed by atoms with Crippen molar-refractivity contribution in [1.82, 2.24) is 0 Å². The van der Waals surface area contributed by atoms with Gasteiger partial charge in [0.1, 0.15) is 11.6 Å². The second kappa shape index (κ2) is 9.22. The van der Waals surface area contributed by atoms with E-state index in [4.69, 9.17) is 5.73 Å². The third-order valence-corrected chi connectivity index (χ3v) is 3.56. The molecule has 0 radical (unpaired) electrons. The lowest BCUT2D eigenvalue weighted by Crippen LogP contribution is -2.22. The Hall–Kier alpha value is -1.56. The molecule has 0 bridgehead atoms. The van der Waals surface area contributed by atoms with Crippen molar-refractivity contribution in [2.24, 2.45) is 10.7 Å². The van der Waals surface area contributed by atoms with Crippen molar-refractivity contribution >= 4 is 51.6 Å². The Bertz CT molecular complexity index is 739. The second-order valence-corrected chi connectivity index (χ2v) is 5.49. The van der Waals surface area contributed by atoms with Crippen LogP contribution >= 0.6 is 39.9 Å². The summed E-state index contributed by atoms with van der Waals surface area (Å²) in [6.07, 6.45) is -4.74. The van der Waals surface area contributed by atoms with Gasteiger partial charge < -0.3 is 15.8 Å². The number of benzene rings is 2. The number of ether oxygens (including phenoxy) is 1. The van der Waals surface area contributed by atoms with Crippen molar-refractivity contribution < 1.29 is 22.3 Å². The number of halogens is 6. The number of hydrogen-bond donors (Lipinski definition) is 2. The van der Waals surface area contributed by atoms with Crippen LogP contribution in [-0.4, -0.2) is 12.3 Å². The Labute approximate surface area is 166 Å². The Morgan fingerprint density at radius 1 is 1.16 bits per heavy atom. The Kier molecular flexibility index (Phi) is 7.93. The van der Waals surface area contributed by atoms with Crippen LogP contribution in [0.2, 0.25) is 0 Å². The van der Waals surface area contributed by atoms with Crippen molar-refractivity contribution in [3.05, 3.63) is 58.3 Å². The van der Waals surface area contributed by atoms with Gasteiger partial charge in [-0.1, -0.05) is 15.9 Å². The van der Waals surface area contributed by atoms with E-state index in [1.807, 2.05) is 0 Å². The van der Waals surface area contributed by atoms with E-state index in [-0.39, 0.29) is 42.2 Å². The first-order chi connectivity index (χ1) is 11.2. The maximum absolute atomic E-state index is 13.2. The third-order valence-electron chi connectivity index (χ3n) is 2.79. The van der Waals surface area contributed by atoms with Crippen molar-refractivity contribution in [2.45, 2.75) is 12.9 Å². The van der Waals surface area contributed by atoms with Crippen LogP contribution in [0.5, 0.6) is 5.75 Å². The fourth-order valence-electron chi connectivity index (χ4n) is 1.76. The average Bonchev–Trinajstić information content (AvgIpc) is 2.49. The van der Waals surface area contributed by atoms with Crippen molar-refractivity contribution in [3.63, 3.8) is 0 Å². The van der Waals surface area contributed by atoms with Gasteiger partial charge in [0.2, 0.25) is 0 Å². The maximum atomic E-state index is 13.2. The van der Waals surface area contributed by atoms with Crippen LogP contribution in [0.4, 0.5) is 23.2 Å². The maximum Gasteiger partial charge on any atom is 0.573 e. The number of anilines is 1. The van der Waals surface area contributed by atoms with Gasteiger partial charge in [-0.25, -0.2) is 9.38 Å². The molecule has 0 fully saturated rings. The molecule has 136 valence electrons. The van der Waals surface area contributed by atoms with E-state index in [1.165, 1.54) is 24.3 Å². The first-order valence-electron chi connectivity index (χ1n) is 6.59. The SMILES string of the molecule is I.NC(=NCc1cc(F)ccc1Br)Nc1ccc(OC(F)(F)F)cc1. The first kappa shape index (κ1) is 21.5.